The molecule has 0 aromatic heterocycles. The van der Waals surface area contributed by atoms with Crippen molar-refractivity contribution >= 4 is 46.0 Å². The number of carboxylic acids is 2. The van der Waals surface area contributed by atoms with Crippen molar-refractivity contribution < 1.29 is 37.8 Å². The van der Waals surface area contributed by atoms with Crippen molar-refractivity contribution in [3.63, 3.8) is 0 Å². The second-order valence-electron chi connectivity index (χ2n) is 6.04. The van der Waals surface area contributed by atoms with Gasteiger partial charge in [0, 0.05) is 12.3 Å². The van der Waals surface area contributed by atoms with Gasteiger partial charge in [-0.2, -0.15) is 0 Å². The average molecular weight is 400 g/mol. The van der Waals surface area contributed by atoms with Crippen molar-refractivity contribution in [2.24, 2.45) is 23.3 Å². The highest BCUT2D eigenvalue weighted by Crippen LogP contribution is 2.57. The van der Waals surface area contributed by atoms with E-state index in [4.69, 9.17) is 16.6 Å². The number of nitrogens with two attached hydrogens (primary N) is 2. The lowest BCUT2D eigenvalue weighted by Gasteiger charge is -2.28. The Balaban J connectivity index is 0.00000312. The Morgan fingerprint density at radius 2 is 1.80 bits per heavy atom. The van der Waals surface area contributed by atoms with Gasteiger partial charge in [-0.05, 0) is 6.42 Å². The van der Waals surface area contributed by atoms with Crippen LogP contribution in [0.5, 0.6) is 0 Å². The molecule has 1 saturated heterocycles. The number of hydrogen-bond donors (Lipinski definition) is 5. The lowest BCUT2D eigenvalue weighted by molar-refractivity contribution is -0.148. The number of sulfone groups is 1. The van der Waals surface area contributed by atoms with E-state index < -0.39 is 68.0 Å². The van der Waals surface area contributed by atoms with E-state index in [0.29, 0.717) is 0 Å². The Kier molecular flexibility index (Phi) is 5.72. The first-order valence-electron chi connectivity index (χ1n) is 6.97. The predicted octanol–water partition coefficient (Wildman–Crippen LogP) is -2.93. The summed E-state index contributed by atoms with van der Waals surface area (Å²) in [5.74, 6) is -8.31. The third kappa shape index (κ3) is 3.55. The zero-order valence-electron chi connectivity index (χ0n) is 12.7. The Bertz CT molecular complexity index is 726. The number of fused-ring (bicyclic) bond motifs is 1. The zero-order chi connectivity index (χ0) is 18.4. The summed E-state index contributed by atoms with van der Waals surface area (Å²) in [6.07, 6.45) is -0.364. The third-order valence-electron chi connectivity index (χ3n) is 4.42. The molecule has 2 amide bonds. The number of amides is 2. The Hall–Kier alpha value is -1.92. The predicted molar refractivity (Wildman–Crippen MR) is 84.4 cm³/mol. The lowest BCUT2D eigenvalue weighted by atomic mass is 9.93. The molecule has 2 rings (SSSR count). The van der Waals surface area contributed by atoms with Crippen molar-refractivity contribution in [1.29, 1.82) is 0 Å². The van der Waals surface area contributed by atoms with E-state index >= 15 is 0 Å². The molecule has 1 heterocycles. The highest BCUT2D eigenvalue weighted by atomic mass is 35.5. The largest absolute Gasteiger partial charge is 0.481 e. The molecule has 7 N–H and O–H groups in total. The van der Waals surface area contributed by atoms with Crippen molar-refractivity contribution in [2.75, 3.05) is 5.75 Å². The summed E-state index contributed by atoms with van der Waals surface area (Å²) in [6.45, 7) is 0. The number of carboxylic acid groups (broad SMARTS) is 2. The molecule has 142 valence electrons. The monoisotopic (exact) mass is 399 g/mol. The fraction of sp³-hybridized carbons (Fsp3) is 0.667. The number of carbonyl (C=O) groups excluding carboxylic acids is 2. The van der Waals surface area contributed by atoms with Crippen LogP contribution >= 0.6 is 12.4 Å². The highest BCUT2D eigenvalue weighted by molar-refractivity contribution is 7.92. The van der Waals surface area contributed by atoms with Gasteiger partial charge in [0.25, 0.3) is 0 Å². The van der Waals surface area contributed by atoms with E-state index in [9.17, 15) is 32.7 Å². The topological polar surface area (TPSA) is 207 Å². The summed E-state index contributed by atoms with van der Waals surface area (Å²) in [4.78, 5) is 45.6. The van der Waals surface area contributed by atoms with Crippen LogP contribution < -0.4 is 16.8 Å². The standard InChI is InChI=1S/C12H17N3O8S.ClH/c13-4(1-2-5(14)16)9(17)15-12(11(20)21)3-24(22,23)8-6(7(8)12)10(18)19;/h4,6-8H,1-3,13H2,(H2,14,16)(H,15,17)(H,18,19)(H,20,21);1H/t4-,6+,7+,8-,12-;/m0./s1. The van der Waals surface area contributed by atoms with E-state index in [1.807, 2.05) is 0 Å². The summed E-state index contributed by atoms with van der Waals surface area (Å²) in [6, 6.07) is -1.28. The first-order chi connectivity index (χ1) is 10.9. The van der Waals surface area contributed by atoms with Crippen LogP contribution in [0.15, 0.2) is 0 Å². The summed E-state index contributed by atoms with van der Waals surface area (Å²) in [5.41, 5.74) is 8.23. The molecule has 11 nitrogen and oxygen atoms in total. The maximum atomic E-state index is 12.1. The molecule has 1 aliphatic carbocycles. The Morgan fingerprint density at radius 1 is 1.24 bits per heavy atom. The van der Waals surface area contributed by atoms with Gasteiger partial charge in [0.15, 0.2) is 15.4 Å². The quantitative estimate of drug-likeness (QED) is 0.296. The van der Waals surface area contributed by atoms with Crippen LogP contribution in [0, 0.1) is 11.8 Å². The number of primary amides is 1. The molecule has 0 bridgehead atoms. The van der Waals surface area contributed by atoms with E-state index in [-0.39, 0.29) is 25.2 Å². The molecular weight excluding hydrogens is 382 g/mol. The van der Waals surface area contributed by atoms with Crippen LogP contribution in [0.25, 0.3) is 0 Å². The second kappa shape index (κ2) is 6.77. The number of hydrogen-bond acceptors (Lipinski definition) is 7. The summed E-state index contributed by atoms with van der Waals surface area (Å²) in [5, 5.41) is 19.3. The zero-order valence-corrected chi connectivity index (χ0v) is 14.4. The second-order valence-corrected chi connectivity index (χ2v) is 8.20. The SMILES string of the molecule is Cl.NC(=O)CC[C@H](N)C(=O)N[C@@]1(C(=O)O)CS(=O)(=O)[C@H]2[C@H](C(=O)O)[C@H]21. The van der Waals surface area contributed by atoms with Crippen LogP contribution in [0.4, 0.5) is 0 Å². The van der Waals surface area contributed by atoms with Gasteiger partial charge < -0.3 is 27.0 Å². The van der Waals surface area contributed by atoms with E-state index in [1.165, 1.54) is 0 Å². The Labute approximate surface area is 148 Å². The van der Waals surface area contributed by atoms with Crippen LogP contribution in [-0.4, -0.2) is 65.0 Å². The van der Waals surface area contributed by atoms with Crippen LogP contribution in [0.3, 0.4) is 0 Å². The normalized spacial score (nSPS) is 32.6. The number of halogens is 1. The van der Waals surface area contributed by atoms with Gasteiger partial charge in [-0.1, -0.05) is 0 Å². The van der Waals surface area contributed by atoms with Crippen LogP contribution in [0.2, 0.25) is 0 Å². The van der Waals surface area contributed by atoms with Gasteiger partial charge in [-0.25, -0.2) is 13.2 Å². The molecule has 25 heavy (non-hydrogen) atoms. The fourth-order valence-corrected chi connectivity index (χ4v) is 5.94. The smallest absolute Gasteiger partial charge is 0.330 e. The molecule has 5 atom stereocenters. The highest BCUT2D eigenvalue weighted by Gasteiger charge is 2.79. The molecular formula is C12H18ClN3O8S. The maximum absolute atomic E-state index is 12.1. The van der Waals surface area contributed by atoms with Gasteiger partial charge in [0.2, 0.25) is 11.8 Å². The summed E-state index contributed by atoms with van der Waals surface area (Å²) >= 11 is 0. The van der Waals surface area contributed by atoms with Crippen molar-refractivity contribution in [2.45, 2.75) is 29.7 Å². The van der Waals surface area contributed by atoms with E-state index in [2.05, 4.69) is 5.32 Å². The number of aliphatic carboxylic acids is 2. The van der Waals surface area contributed by atoms with E-state index in [0.717, 1.165) is 0 Å². The minimum atomic E-state index is -3.99. The van der Waals surface area contributed by atoms with Crippen molar-refractivity contribution in [3.8, 4) is 0 Å². The van der Waals surface area contributed by atoms with Crippen LogP contribution in [0.1, 0.15) is 12.8 Å². The van der Waals surface area contributed by atoms with Gasteiger partial charge in [-0.3, -0.25) is 14.4 Å². The van der Waals surface area contributed by atoms with Gasteiger partial charge in [-0.15, -0.1) is 12.4 Å². The summed E-state index contributed by atoms with van der Waals surface area (Å²) < 4.78 is 24.1. The minimum absolute atomic E-state index is 0. The molecule has 0 spiro atoms. The molecule has 1 saturated carbocycles. The molecule has 0 aromatic rings. The Morgan fingerprint density at radius 3 is 2.20 bits per heavy atom. The van der Waals surface area contributed by atoms with E-state index in [1.54, 1.807) is 0 Å². The van der Waals surface area contributed by atoms with Crippen LogP contribution in [-0.2, 0) is 29.0 Å². The molecule has 0 aromatic carbocycles. The third-order valence-corrected chi connectivity index (χ3v) is 6.69. The van der Waals surface area contributed by atoms with Gasteiger partial charge in [0.05, 0.1) is 23.0 Å². The van der Waals surface area contributed by atoms with Gasteiger partial charge >= 0.3 is 11.9 Å². The number of nitrogens with one attached hydrogen (secondary N) is 1. The maximum Gasteiger partial charge on any atom is 0.330 e. The first-order valence-corrected chi connectivity index (χ1v) is 8.69. The molecule has 1 aliphatic heterocycles. The fourth-order valence-electron chi connectivity index (χ4n) is 3.24. The first kappa shape index (κ1) is 21.1. The van der Waals surface area contributed by atoms with Crippen molar-refractivity contribution in [1.82, 2.24) is 5.32 Å². The molecule has 0 unspecified atom stereocenters. The minimum Gasteiger partial charge on any atom is -0.481 e. The van der Waals surface area contributed by atoms with Crippen molar-refractivity contribution in [3.05, 3.63) is 0 Å². The number of carbonyl (C=O) groups is 4. The molecule has 13 heteroatoms. The van der Waals surface area contributed by atoms with Gasteiger partial charge in [0.1, 0.15) is 0 Å². The average Bonchev–Trinajstić information content (AvgIpc) is 3.15. The molecule has 2 aliphatic rings. The lowest BCUT2D eigenvalue weighted by Crippen LogP contribution is -2.61. The summed E-state index contributed by atoms with van der Waals surface area (Å²) in [7, 11) is -3.99. The molecule has 2 fully saturated rings. The number of rotatable bonds is 7. The molecule has 0 radical (unpaired) electrons.